The molecule has 1 aliphatic heterocycles. The predicted octanol–water partition coefficient (Wildman–Crippen LogP) is 2.47. The normalized spacial score (nSPS) is 32.8. The summed E-state index contributed by atoms with van der Waals surface area (Å²) < 4.78 is 0. The summed E-state index contributed by atoms with van der Waals surface area (Å²) in [6, 6.07) is 0. The highest BCUT2D eigenvalue weighted by atomic mass is 32.2. The van der Waals surface area contributed by atoms with Crippen LogP contribution >= 0.6 is 11.8 Å². The van der Waals surface area contributed by atoms with E-state index >= 15 is 0 Å². The van der Waals surface area contributed by atoms with Crippen LogP contribution < -0.4 is 10.9 Å². The Morgan fingerprint density at radius 1 is 0.923 bits per heavy atom. The average molecular weight is 200 g/mol. The standard InChI is InChI=1S/C10H20N2S/c1-2-4-6-9(7-5-3-1)10-12-11-8-13-10/h9-12H,1-8H2. The van der Waals surface area contributed by atoms with Crippen LogP contribution in [0.25, 0.3) is 0 Å². The second-order valence-electron chi connectivity index (χ2n) is 4.16. The molecule has 0 aromatic carbocycles. The maximum atomic E-state index is 3.39. The molecular formula is C10H20N2S. The molecule has 1 saturated carbocycles. The first-order valence-corrected chi connectivity index (χ1v) is 6.62. The zero-order valence-corrected chi connectivity index (χ0v) is 9.04. The molecular weight excluding hydrogens is 180 g/mol. The highest BCUT2D eigenvalue weighted by Gasteiger charge is 2.24. The van der Waals surface area contributed by atoms with Crippen molar-refractivity contribution in [2.75, 3.05) is 5.88 Å². The molecule has 2 N–H and O–H groups in total. The molecule has 1 heterocycles. The smallest absolute Gasteiger partial charge is 0.0707 e. The Morgan fingerprint density at radius 2 is 1.62 bits per heavy atom. The largest absolute Gasteiger partial charge is 0.247 e. The zero-order valence-electron chi connectivity index (χ0n) is 8.22. The van der Waals surface area contributed by atoms with Crippen LogP contribution in [0.1, 0.15) is 44.9 Å². The third kappa shape index (κ3) is 2.86. The molecule has 1 aliphatic carbocycles. The topological polar surface area (TPSA) is 24.1 Å². The Hall–Kier alpha value is 0.270. The van der Waals surface area contributed by atoms with E-state index in [1.807, 2.05) is 11.8 Å². The van der Waals surface area contributed by atoms with Crippen LogP contribution in [0.15, 0.2) is 0 Å². The second-order valence-corrected chi connectivity index (χ2v) is 5.29. The lowest BCUT2D eigenvalue weighted by Gasteiger charge is -2.24. The van der Waals surface area contributed by atoms with Crippen molar-refractivity contribution in [3.05, 3.63) is 0 Å². The summed E-state index contributed by atoms with van der Waals surface area (Å²) in [5.41, 5.74) is 6.61. The van der Waals surface area contributed by atoms with Crippen molar-refractivity contribution >= 4 is 11.8 Å². The van der Waals surface area contributed by atoms with Crippen molar-refractivity contribution in [2.45, 2.75) is 50.3 Å². The molecule has 13 heavy (non-hydrogen) atoms. The molecule has 2 aliphatic rings. The Labute approximate surface area is 85.2 Å². The van der Waals surface area contributed by atoms with Gasteiger partial charge in [0.25, 0.3) is 0 Å². The van der Waals surface area contributed by atoms with Gasteiger partial charge in [-0.15, -0.1) is 11.8 Å². The van der Waals surface area contributed by atoms with E-state index in [0.29, 0.717) is 5.37 Å². The van der Waals surface area contributed by atoms with Crippen LogP contribution in [0.3, 0.4) is 0 Å². The van der Waals surface area contributed by atoms with Crippen molar-refractivity contribution in [1.29, 1.82) is 0 Å². The van der Waals surface area contributed by atoms with Gasteiger partial charge in [0.15, 0.2) is 0 Å². The number of thioether (sulfide) groups is 1. The van der Waals surface area contributed by atoms with Crippen molar-refractivity contribution in [3.63, 3.8) is 0 Å². The van der Waals surface area contributed by atoms with Gasteiger partial charge in [0.1, 0.15) is 0 Å². The van der Waals surface area contributed by atoms with E-state index in [2.05, 4.69) is 10.9 Å². The highest BCUT2D eigenvalue weighted by molar-refractivity contribution is 8.00. The monoisotopic (exact) mass is 200 g/mol. The Balaban J connectivity index is 1.80. The molecule has 0 radical (unpaired) electrons. The summed E-state index contributed by atoms with van der Waals surface area (Å²) in [7, 11) is 0. The van der Waals surface area contributed by atoms with Crippen molar-refractivity contribution in [1.82, 2.24) is 10.9 Å². The Bertz CT molecular complexity index is 138. The molecule has 0 bridgehead atoms. The van der Waals surface area contributed by atoms with E-state index in [9.17, 15) is 0 Å². The van der Waals surface area contributed by atoms with Crippen molar-refractivity contribution in [2.24, 2.45) is 5.92 Å². The quantitative estimate of drug-likeness (QED) is 0.680. The molecule has 2 nitrogen and oxygen atoms in total. The van der Waals surface area contributed by atoms with E-state index in [-0.39, 0.29) is 0 Å². The van der Waals surface area contributed by atoms with Gasteiger partial charge in [-0.2, -0.15) is 0 Å². The average Bonchev–Trinajstić information content (AvgIpc) is 2.55. The molecule has 0 amide bonds. The summed E-state index contributed by atoms with van der Waals surface area (Å²) in [5.74, 6) is 2.00. The SMILES string of the molecule is C1CCCC(C2NNCS2)CCC1. The molecule has 1 unspecified atom stereocenters. The summed E-state index contributed by atoms with van der Waals surface area (Å²) in [6.45, 7) is 0. The van der Waals surface area contributed by atoms with Crippen LogP contribution in [0, 0.1) is 5.92 Å². The van der Waals surface area contributed by atoms with E-state index in [0.717, 1.165) is 11.8 Å². The number of hydrogen-bond acceptors (Lipinski definition) is 3. The fraction of sp³-hybridized carbons (Fsp3) is 1.00. The molecule has 0 spiro atoms. The third-order valence-electron chi connectivity index (χ3n) is 3.16. The lowest BCUT2D eigenvalue weighted by Crippen LogP contribution is -2.35. The summed E-state index contributed by atoms with van der Waals surface area (Å²) in [5, 5.41) is 0.693. The second kappa shape index (κ2) is 5.23. The van der Waals surface area contributed by atoms with Crippen molar-refractivity contribution < 1.29 is 0 Å². The minimum Gasteiger partial charge on any atom is -0.247 e. The Kier molecular flexibility index (Phi) is 3.94. The molecule has 2 rings (SSSR count). The molecule has 1 atom stereocenters. The summed E-state index contributed by atoms with van der Waals surface area (Å²) in [6.07, 6.45) is 10.2. The van der Waals surface area contributed by atoms with Gasteiger partial charge in [0.2, 0.25) is 0 Å². The van der Waals surface area contributed by atoms with Gasteiger partial charge in [0.05, 0.1) is 11.3 Å². The van der Waals surface area contributed by atoms with Crippen LogP contribution in [0.5, 0.6) is 0 Å². The third-order valence-corrected chi connectivity index (χ3v) is 4.33. The minimum atomic E-state index is 0.693. The fourth-order valence-electron chi connectivity index (χ4n) is 2.36. The summed E-state index contributed by atoms with van der Waals surface area (Å²) >= 11 is 2.04. The number of rotatable bonds is 1. The maximum Gasteiger partial charge on any atom is 0.0707 e. The summed E-state index contributed by atoms with van der Waals surface area (Å²) in [4.78, 5) is 0. The number of hydrazine groups is 1. The first-order valence-electron chi connectivity index (χ1n) is 5.57. The molecule has 76 valence electrons. The van der Waals surface area contributed by atoms with Crippen LogP contribution in [0.2, 0.25) is 0 Å². The molecule has 1 saturated heterocycles. The molecule has 0 aromatic heterocycles. The van der Waals surface area contributed by atoms with E-state index in [1.54, 1.807) is 0 Å². The van der Waals surface area contributed by atoms with E-state index < -0.39 is 0 Å². The molecule has 0 aromatic rings. The predicted molar refractivity (Wildman–Crippen MR) is 58.3 cm³/mol. The zero-order chi connectivity index (χ0) is 8.93. The van der Waals surface area contributed by atoms with Crippen LogP contribution in [-0.4, -0.2) is 11.3 Å². The van der Waals surface area contributed by atoms with Gasteiger partial charge in [-0.05, 0) is 18.8 Å². The van der Waals surface area contributed by atoms with Crippen LogP contribution in [0.4, 0.5) is 0 Å². The van der Waals surface area contributed by atoms with Gasteiger partial charge in [0, 0.05) is 0 Å². The minimum absolute atomic E-state index is 0.693. The van der Waals surface area contributed by atoms with Gasteiger partial charge in [-0.1, -0.05) is 32.1 Å². The molecule has 2 fully saturated rings. The van der Waals surface area contributed by atoms with Gasteiger partial charge < -0.3 is 0 Å². The first-order chi connectivity index (χ1) is 6.47. The van der Waals surface area contributed by atoms with E-state index in [4.69, 9.17) is 0 Å². The Morgan fingerprint density at radius 3 is 2.23 bits per heavy atom. The number of hydrogen-bond donors (Lipinski definition) is 2. The van der Waals surface area contributed by atoms with Gasteiger partial charge in [-0.25, -0.2) is 10.9 Å². The first kappa shape index (κ1) is 9.81. The highest BCUT2D eigenvalue weighted by Crippen LogP contribution is 2.30. The fourth-order valence-corrected chi connectivity index (χ4v) is 3.42. The van der Waals surface area contributed by atoms with Crippen molar-refractivity contribution in [3.8, 4) is 0 Å². The number of nitrogens with one attached hydrogen (secondary N) is 2. The lowest BCUT2D eigenvalue weighted by atomic mass is 9.91. The van der Waals surface area contributed by atoms with Gasteiger partial charge >= 0.3 is 0 Å². The lowest BCUT2D eigenvalue weighted by molar-refractivity contribution is 0.338. The van der Waals surface area contributed by atoms with E-state index in [1.165, 1.54) is 44.9 Å². The van der Waals surface area contributed by atoms with Crippen LogP contribution in [-0.2, 0) is 0 Å². The van der Waals surface area contributed by atoms with Gasteiger partial charge in [-0.3, -0.25) is 0 Å². The molecule has 3 heteroatoms. The maximum absolute atomic E-state index is 3.39.